The minimum absolute atomic E-state index is 0.105. The van der Waals surface area contributed by atoms with Gasteiger partial charge in [-0.05, 0) is 19.8 Å². The van der Waals surface area contributed by atoms with Gasteiger partial charge in [-0.3, -0.25) is 4.79 Å². The molecule has 2 rings (SSSR count). The van der Waals surface area contributed by atoms with Crippen molar-refractivity contribution in [2.45, 2.75) is 26.7 Å². The van der Waals surface area contributed by atoms with Crippen LogP contribution in [0.1, 0.15) is 26.7 Å². The molecule has 2 heterocycles. The molecule has 110 valence electrons. The molecule has 20 heavy (non-hydrogen) atoms. The molecule has 1 atom stereocenters. The SMILES string of the molecule is CCCOc1nc(N)nc(N2CCC(C)(C(N)=O)C2)n1. The zero-order chi connectivity index (χ0) is 14.8. The van der Waals surface area contributed by atoms with E-state index in [0.717, 1.165) is 6.42 Å². The maximum atomic E-state index is 11.5. The average Bonchev–Trinajstić information content (AvgIpc) is 2.80. The van der Waals surface area contributed by atoms with Gasteiger partial charge in [-0.1, -0.05) is 6.92 Å². The molecule has 8 heteroatoms. The quantitative estimate of drug-likeness (QED) is 0.775. The first-order chi connectivity index (χ1) is 9.44. The number of hydrogen-bond acceptors (Lipinski definition) is 7. The molecule has 1 aromatic rings. The summed E-state index contributed by atoms with van der Waals surface area (Å²) < 4.78 is 5.38. The van der Waals surface area contributed by atoms with Gasteiger partial charge in [0, 0.05) is 13.1 Å². The van der Waals surface area contributed by atoms with Crippen molar-refractivity contribution in [3.63, 3.8) is 0 Å². The Morgan fingerprint density at radius 3 is 2.80 bits per heavy atom. The zero-order valence-corrected chi connectivity index (χ0v) is 11.8. The molecule has 1 amide bonds. The second kappa shape index (κ2) is 5.48. The van der Waals surface area contributed by atoms with Crippen molar-refractivity contribution in [3.8, 4) is 6.01 Å². The number of nitrogens with zero attached hydrogens (tertiary/aromatic N) is 4. The Labute approximate surface area is 117 Å². The van der Waals surface area contributed by atoms with Crippen molar-refractivity contribution in [2.24, 2.45) is 11.1 Å². The van der Waals surface area contributed by atoms with Crippen molar-refractivity contribution >= 4 is 17.8 Å². The van der Waals surface area contributed by atoms with Gasteiger partial charge in [-0.15, -0.1) is 0 Å². The fourth-order valence-corrected chi connectivity index (χ4v) is 2.09. The first-order valence-corrected chi connectivity index (χ1v) is 6.64. The van der Waals surface area contributed by atoms with E-state index in [1.54, 1.807) is 0 Å². The molecule has 8 nitrogen and oxygen atoms in total. The number of hydrogen-bond donors (Lipinski definition) is 2. The van der Waals surface area contributed by atoms with Crippen LogP contribution in [0.25, 0.3) is 0 Å². The Morgan fingerprint density at radius 2 is 2.20 bits per heavy atom. The molecular weight excluding hydrogens is 260 g/mol. The number of aromatic nitrogens is 3. The Hall–Kier alpha value is -2.12. The third-order valence-corrected chi connectivity index (χ3v) is 3.41. The maximum Gasteiger partial charge on any atom is 0.323 e. The van der Waals surface area contributed by atoms with Gasteiger partial charge in [0.15, 0.2) is 0 Å². The van der Waals surface area contributed by atoms with Crippen molar-refractivity contribution in [1.82, 2.24) is 15.0 Å². The Bertz CT molecular complexity index is 509. The lowest BCUT2D eigenvalue weighted by molar-refractivity contribution is -0.125. The highest BCUT2D eigenvalue weighted by molar-refractivity contribution is 5.81. The van der Waals surface area contributed by atoms with E-state index in [1.807, 2.05) is 18.7 Å². The van der Waals surface area contributed by atoms with Crippen LogP contribution in [0.4, 0.5) is 11.9 Å². The summed E-state index contributed by atoms with van der Waals surface area (Å²) in [5, 5.41) is 0. The fraction of sp³-hybridized carbons (Fsp3) is 0.667. The summed E-state index contributed by atoms with van der Waals surface area (Å²) in [5.41, 5.74) is 10.5. The molecule has 1 aliphatic heterocycles. The molecule has 4 N–H and O–H groups in total. The lowest BCUT2D eigenvalue weighted by Gasteiger charge is -2.21. The normalized spacial score (nSPS) is 22.0. The number of carbonyl (C=O) groups is 1. The number of nitrogens with two attached hydrogens (primary N) is 2. The minimum atomic E-state index is -0.564. The third-order valence-electron chi connectivity index (χ3n) is 3.41. The molecule has 1 saturated heterocycles. The molecule has 0 bridgehead atoms. The van der Waals surface area contributed by atoms with Crippen LogP contribution < -0.4 is 21.1 Å². The van der Waals surface area contributed by atoms with Crippen LogP contribution in [0.3, 0.4) is 0 Å². The Morgan fingerprint density at radius 1 is 1.45 bits per heavy atom. The van der Waals surface area contributed by atoms with Gasteiger partial charge >= 0.3 is 6.01 Å². The molecule has 1 fully saturated rings. The smallest absolute Gasteiger partial charge is 0.323 e. The van der Waals surface area contributed by atoms with Crippen LogP contribution in [0, 0.1) is 5.41 Å². The van der Waals surface area contributed by atoms with Crippen molar-refractivity contribution < 1.29 is 9.53 Å². The summed E-state index contributed by atoms with van der Waals surface area (Å²) in [5.74, 6) is 0.215. The summed E-state index contributed by atoms with van der Waals surface area (Å²) in [6.45, 7) is 5.47. The van der Waals surface area contributed by atoms with E-state index in [2.05, 4.69) is 15.0 Å². The summed E-state index contributed by atoms with van der Waals surface area (Å²) in [7, 11) is 0. The van der Waals surface area contributed by atoms with Crippen LogP contribution in [0.15, 0.2) is 0 Å². The second-order valence-electron chi connectivity index (χ2n) is 5.22. The van der Waals surface area contributed by atoms with Gasteiger partial charge in [0.05, 0.1) is 12.0 Å². The Kier molecular flexibility index (Phi) is 3.91. The number of amides is 1. The molecule has 1 unspecified atom stereocenters. The maximum absolute atomic E-state index is 11.5. The minimum Gasteiger partial charge on any atom is -0.463 e. The monoisotopic (exact) mass is 280 g/mol. The van der Waals surface area contributed by atoms with Crippen LogP contribution in [0.2, 0.25) is 0 Å². The highest BCUT2D eigenvalue weighted by atomic mass is 16.5. The number of carbonyl (C=O) groups excluding carboxylic acids is 1. The number of primary amides is 1. The van der Waals surface area contributed by atoms with E-state index >= 15 is 0 Å². The van der Waals surface area contributed by atoms with Gasteiger partial charge < -0.3 is 21.1 Å². The zero-order valence-electron chi connectivity index (χ0n) is 11.8. The summed E-state index contributed by atoms with van der Waals surface area (Å²) in [6.07, 6.45) is 1.52. The standard InChI is InChI=1S/C12H20N6O2/c1-3-6-20-11-16-9(14)15-10(17-11)18-5-4-12(2,7-18)8(13)19/h3-7H2,1-2H3,(H2,13,19)(H2,14,15,16,17). The van der Waals surface area contributed by atoms with E-state index in [0.29, 0.717) is 32.1 Å². The van der Waals surface area contributed by atoms with Crippen molar-refractivity contribution in [2.75, 3.05) is 30.3 Å². The van der Waals surface area contributed by atoms with Gasteiger partial charge in [-0.2, -0.15) is 15.0 Å². The summed E-state index contributed by atoms with van der Waals surface area (Å²) in [4.78, 5) is 25.6. The van der Waals surface area contributed by atoms with Gasteiger partial charge in [-0.25, -0.2) is 0 Å². The van der Waals surface area contributed by atoms with Crippen LogP contribution in [-0.2, 0) is 4.79 Å². The number of nitrogen functional groups attached to an aromatic ring is 1. The Balaban J connectivity index is 2.17. The first kappa shape index (κ1) is 14.3. The van der Waals surface area contributed by atoms with Crippen molar-refractivity contribution in [1.29, 1.82) is 0 Å². The molecule has 0 aromatic carbocycles. The highest BCUT2D eigenvalue weighted by Gasteiger charge is 2.40. The predicted molar refractivity (Wildman–Crippen MR) is 74.2 cm³/mol. The molecule has 1 aromatic heterocycles. The topological polar surface area (TPSA) is 120 Å². The summed E-state index contributed by atoms with van der Waals surface area (Å²) >= 11 is 0. The largest absolute Gasteiger partial charge is 0.463 e. The molecule has 1 aliphatic rings. The van der Waals surface area contributed by atoms with E-state index in [4.69, 9.17) is 16.2 Å². The number of ether oxygens (including phenoxy) is 1. The summed E-state index contributed by atoms with van der Waals surface area (Å²) in [6, 6.07) is 0.210. The predicted octanol–water partition coefficient (Wildman–Crippen LogP) is -0.0557. The molecular formula is C12H20N6O2. The van der Waals surface area contributed by atoms with Crippen molar-refractivity contribution in [3.05, 3.63) is 0 Å². The van der Waals surface area contributed by atoms with E-state index < -0.39 is 5.41 Å². The first-order valence-electron chi connectivity index (χ1n) is 6.64. The molecule has 0 spiro atoms. The lowest BCUT2D eigenvalue weighted by atomic mass is 9.89. The van der Waals surface area contributed by atoms with Crippen LogP contribution >= 0.6 is 0 Å². The average molecular weight is 280 g/mol. The molecule has 0 aliphatic carbocycles. The van der Waals surface area contributed by atoms with Crippen LogP contribution in [-0.4, -0.2) is 40.6 Å². The van der Waals surface area contributed by atoms with Gasteiger partial charge in [0.1, 0.15) is 0 Å². The fourth-order valence-electron chi connectivity index (χ4n) is 2.09. The van der Waals surface area contributed by atoms with E-state index in [-0.39, 0.29) is 17.9 Å². The lowest BCUT2D eigenvalue weighted by Crippen LogP contribution is -2.37. The van der Waals surface area contributed by atoms with Gasteiger partial charge in [0.25, 0.3) is 0 Å². The van der Waals surface area contributed by atoms with Gasteiger partial charge in [0.2, 0.25) is 17.8 Å². The van der Waals surface area contributed by atoms with Crippen LogP contribution in [0.5, 0.6) is 6.01 Å². The van der Waals surface area contributed by atoms with E-state index in [1.165, 1.54) is 0 Å². The molecule has 0 radical (unpaired) electrons. The second-order valence-corrected chi connectivity index (χ2v) is 5.22. The number of rotatable bonds is 5. The van der Waals surface area contributed by atoms with E-state index in [9.17, 15) is 4.79 Å². The highest BCUT2D eigenvalue weighted by Crippen LogP contribution is 2.31. The third kappa shape index (κ3) is 2.89. The molecule has 0 saturated carbocycles. The number of anilines is 2.